The normalized spacial score (nSPS) is 17.3. The summed E-state index contributed by atoms with van der Waals surface area (Å²) >= 11 is -4.48. The average molecular weight is 775 g/mol. The van der Waals surface area contributed by atoms with Crippen LogP contribution in [0.4, 0.5) is 0 Å². The maximum absolute atomic E-state index is 6.86. The van der Waals surface area contributed by atoms with Crippen LogP contribution in [0.2, 0.25) is 0 Å². The van der Waals surface area contributed by atoms with Crippen molar-refractivity contribution >= 4 is 24.5 Å². The Morgan fingerprint density at radius 3 is 0.415 bits per heavy atom. The van der Waals surface area contributed by atoms with Gasteiger partial charge in [-0.15, -0.1) is 0 Å². The van der Waals surface area contributed by atoms with Gasteiger partial charge in [-0.3, -0.25) is 0 Å². The summed E-state index contributed by atoms with van der Waals surface area (Å²) in [4.78, 5) is 0. The number of hydrogen-bond donors (Lipinski definition) is 0. The molecule has 0 atom stereocenters. The van der Waals surface area contributed by atoms with E-state index in [1.807, 2.05) is 83.1 Å². The van der Waals surface area contributed by atoms with Gasteiger partial charge in [-0.1, -0.05) is 0 Å². The predicted molar refractivity (Wildman–Crippen MR) is 173 cm³/mol. The average Bonchev–Trinajstić information content (AvgIpc) is 2.91. The first-order valence-electron chi connectivity index (χ1n) is 15.0. The third kappa shape index (κ3) is 9.04. The minimum absolute atomic E-state index is 0.266. The van der Waals surface area contributed by atoms with E-state index in [4.69, 9.17) is 54.3 Å². The minimum atomic E-state index is -4.48. The summed E-state index contributed by atoms with van der Waals surface area (Å²) in [5.41, 5.74) is 0. The first-order chi connectivity index (χ1) is 19.7. The third-order valence-corrected chi connectivity index (χ3v) is 81.0. The molecule has 0 aromatic rings. The third-order valence-electron chi connectivity index (χ3n) is 4.86. The van der Waals surface area contributed by atoms with Crippen molar-refractivity contribution < 1.29 is 67.8 Å². The monoisotopic (exact) mass is 774 g/mol. The van der Waals surface area contributed by atoms with Gasteiger partial charge in [0, 0.05) is 0 Å². The molecule has 0 saturated carbocycles. The van der Waals surface area contributed by atoms with Gasteiger partial charge in [0.1, 0.15) is 0 Å². The second-order valence-electron chi connectivity index (χ2n) is 7.45. The topological polar surface area (TPSA) is 111 Å². The van der Waals surface area contributed by atoms with Crippen molar-refractivity contribution in [3.05, 3.63) is 0 Å². The Kier molecular flexibility index (Phi) is 23.5. The van der Waals surface area contributed by atoms with Crippen molar-refractivity contribution in [2.24, 2.45) is 0 Å². The van der Waals surface area contributed by atoms with E-state index in [1.54, 1.807) is 0 Å². The summed E-state index contributed by atoms with van der Waals surface area (Å²) in [5, 5.41) is 0. The molecule has 41 heavy (non-hydrogen) atoms. The molecule has 0 rings (SSSR count). The number of hydrogen-bond acceptors (Lipinski definition) is 12. The maximum atomic E-state index is 6.86. The van der Waals surface area contributed by atoms with Gasteiger partial charge in [-0.25, -0.2) is 0 Å². The Labute approximate surface area is 254 Å². The van der Waals surface area contributed by atoms with Crippen LogP contribution in [0.1, 0.15) is 83.1 Å². The van der Waals surface area contributed by atoms with Crippen LogP contribution >= 0.6 is 24.5 Å². The standard InChI is InChI=1S/4C6H16O3P.Pd/c4*1-4-7-10(8-5-2)9-6-3;/h4*10H,4-6H2,1-3H3;/q4*+1;-4. The van der Waals surface area contributed by atoms with E-state index < -0.39 is 38.1 Å². The molecule has 0 aliphatic carbocycles. The molecule has 0 aromatic heterocycles. The van der Waals surface area contributed by atoms with Crippen LogP contribution in [0, 0.1) is 0 Å². The van der Waals surface area contributed by atoms with Crippen LogP contribution in [0.25, 0.3) is 0 Å². The molecule has 0 saturated heterocycles. The molecule has 12 nitrogen and oxygen atoms in total. The first kappa shape index (κ1) is 42.9. The van der Waals surface area contributed by atoms with Crippen molar-refractivity contribution in [3.63, 3.8) is 0 Å². The Hall–Kier alpha value is 1.90. The Morgan fingerprint density at radius 2 is 0.341 bits per heavy atom. The molecule has 0 fully saturated rings. The molecule has 0 N–H and O–H groups in total. The van der Waals surface area contributed by atoms with Crippen LogP contribution in [-0.2, 0) is 67.8 Å². The van der Waals surface area contributed by atoms with E-state index in [2.05, 4.69) is 0 Å². The summed E-state index contributed by atoms with van der Waals surface area (Å²) in [6.07, 6.45) is -16.4. The fraction of sp³-hybridized carbons (Fsp3) is 1.00. The zero-order valence-electron chi connectivity index (χ0n) is 27.7. The second kappa shape index (κ2) is 22.4. The van der Waals surface area contributed by atoms with Gasteiger partial charge < -0.3 is 0 Å². The summed E-state index contributed by atoms with van der Waals surface area (Å²) in [7, 11) is 0. The zero-order valence-corrected chi connectivity index (χ0v) is 33.3. The quantitative estimate of drug-likeness (QED) is 0.0564. The molecular weight excluding hydrogens is 711 g/mol. The molecule has 0 heterocycles. The van der Waals surface area contributed by atoms with Crippen LogP contribution in [0.15, 0.2) is 0 Å². The van der Waals surface area contributed by atoms with Crippen molar-refractivity contribution in [1.82, 2.24) is 0 Å². The fourth-order valence-electron chi connectivity index (χ4n) is 4.00. The van der Waals surface area contributed by atoms with Gasteiger partial charge in [0.2, 0.25) is 0 Å². The van der Waals surface area contributed by atoms with Gasteiger partial charge in [0.05, 0.1) is 0 Å². The molecule has 0 aliphatic rings. The zero-order chi connectivity index (χ0) is 31.5. The molecule has 0 aromatic carbocycles. The van der Waals surface area contributed by atoms with Crippen LogP contribution in [0.3, 0.4) is 0 Å². The van der Waals surface area contributed by atoms with E-state index in [-0.39, 0.29) is 79.3 Å². The molecular formula is C24H64O12P4Pd. The van der Waals surface area contributed by atoms with Gasteiger partial charge in [0.15, 0.2) is 0 Å². The Bertz CT molecular complexity index is 493. The summed E-state index contributed by atoms with van der Waals surface area (Å²) in [6.45, 7) is 26.1. The molecule has 262 valence electrons. The summed E-state index contributed by atoms with van der Waals surface area (Å²) in [5.74, 6) is 0. The van der Waals surface area contributed by atoms with E-state index >= 15 is 0 Å². The summed E-state index contributed by atoms with van der Waals surface area (Å²) in [6, 6.07) is 0. The second-order valence-corrected chi connectivity index (χ2v) is 50.7. The van der Waals surface area contributed by atoms with Crippen molar-refractivity contribution in [1.29, 1.82) is 0 Å². The molecule has 0 spiro atoms. The molecule has 0 radical (unpaired) electrons. The molecule has 0 amide bonds. The molecule has 0 aliphatic heterocycles. The van der Waals surface area contributed by atoms with E-state index in [9.17, 15) is 0 Å². The van der Waals surface area contributed by atoms with Crippen LogP contribution in [-0.4, -0.2) is 79.3 Å². The Balaban J connectivity index is 9.25. The van der Waals surface area contributed by atoms with Crippen molar-refractivity contribution in [2.45, 2.75) is 83.1 Å². The van der Waals surface area contributed by atoms with Gasteiger partial charge in [-0.05, 0) is 0 Å². The van der Waals surface area contributed by atoms with E-state index in [0.717, 1.165) is 0 Å². The van der Waals surface area contributed by atoms with E-state index in [0.29, 0.717) is 0 Å². The van der Waals surface area contributed by atoms with Gasteiger partial charge >= 0.3 is 255 Å². The first-order valence-corrected chi connectivity index (χ1v) is 30.5. The van der Waals surface area contributed by atoms with E-state index in [1.165, 1.54) is 0 Å². The molecule has 0 bridgehead atoms. The predicted octanol–water partition coefficient (Wildman–Crippen LogP) is 8.22. The SMILES string of the molecule is CCO[PH](OCC)(OCC)[Pd]([PH](OCC)(OCC)OCC)([PH](OCC)(OCC)OCC)[PH](OCC)(OCC)OCC. The van der Waals surface area contributed by atoms with Crippen LogP contribution < -0.4 is 0 Å². The fourth-order valence-corrected chi connectivity index (χ4v) is 97.1. The Morgan fingerprint density at radius 1 is 0.244 bits per heavy atom. The van der Waals surface area contributed by atoms with Crippen molar-refractivity contribution in [3.8, 4) is 0 Å². The molecule has 0 unspecified atom stereocenters. The van der Waals surface area contributed by atoms with Gasteiger partial charge in [0.25, 0.3) is 0 Å². The van der Waals surface area contributed by atoms with Crippen LogP contribution in [0.5, 0.6) is 0 Å². The van der Waals surface area contributed by atoms with Gasteiger partial charge in [-0.2, -0.15) is 0 Å². The van der Waals surface area contributed by atoms with Crippen molar-refractivity contribution in [2.75, 3.05) is 79.3 Å². The number of rotatable bonds is 28. The molecule has 17 heteroatoms. The summed E-state index contributed by atoms with van der Waals surface area (Å²) < 4.78 is 82.3.